The van der Waals surface area contributed by atoms with Gasteiger partial charge in [0, 0.05) is 26.7 Å². The van der Waals surface area contributed by atoms with Crippen molar-refractivity contribution in [2.45, 2.75) is 167 Å². The molecule has 0 radical (unpaired) electrons. The molecule has 3 saturated heterocycles. The van der Waals surface area contributed by atoms with Gasteiger partial charge in [-0.25, -0.2) is 0 Å². The molecule has 8 atom stereocenters. The van der Waals surface area contributed by atoms with E-state index in [1.165, 1.54) is 20.7 Å². The lowest BCUT2D eigenvalue weighted by molar-refractivity contribution is -0.255. The lowest BCUT2D eigenvalue weighted by Gasteiger charge is -2.53. The second kappa shape index (κ2) is 18.8. The molecule has 3 fully saturated rings. The maximum absolute atomic E-state index is 12.8. The van der Waals surface area contributed by atoms with Gasteiger partial charge in [-0.1, -0.05) is 163 Å². The SMILES string of the molecule is CC1(C)OC=C(C[C@H]2O[C@H]3[C@@H](O[Si](c4ccccc4)(c4ccccc4)C(C)(C)C)[C@H]4O[C@@H](CCOC(=O)C(C)(C)C)CC[C@@H]4O[C@H]3[C@H]2O[Si](c2ccccc2)(c2ccccc2)C(C)(C)C)O1. The van der Waals surface area contributed by atoms with E-state index in [1.807, 2.05) is 34.6 Å². The minimum Gasteiger partial charge on any atom is -0.465 e. The summed E-state index contributed by atoms with van der Waals surface area (Å²) >= 11 is 0. The van der Waals surface area contributed by atoms with Gasteiger partial charge in [0.05, 0.1) is 30.3 Å². The van der Waals surface area contributed by atoms with E-state index in [-0.39, 0.29) is 34.9 Å². The fraction of sp³-hybridized carbons (Fsp3) is 0.509. The Bertz CT molecular complexity index is 2190. The standard InChI is InChI=1S/C55H72O9Si2/c1-52(2,3)51(56)57-35-34-38-32-33-44-46(59-38)50(64-66(54(7,8)9,42-28-20-14-21-29-42)43-30-22-15-23-31-43)49-48(60-44)47(45(61-49)36-39-37-58-55(10,11)62-39)63-65(53(4,5)6,40-24-16-12-17-25-40)41-26-18-13-19-27-41/h12-31,37-38,44-50H,32-36H2,1-11H3/t38-,44+,45-,46+,47+,48+,49-,50+/m1/s1. The summed E-state index contributed by atoms with van der Waals surface area (Å²) in [5.41, 5.74) is -0.593. The van der Waals surface area contributed by atoms with E-state index >= 15 is 0 Å². The molecule has 0 bridgehead atoms. The summed E-state index contributed by atoms with van der Waals surface area (Å²) in [5.74, 6) is -0.331. The predicted octanol–water partition coefficient (Wildman–Crippen LogP) is 8.95. The largest absolute Gasteiger partial charge is 0.465 e. The Morgan fingerprint density at radius 2 is 1.06 bits per heavy atom. The van der Waals surface area contributed by atoms with E-state index in [9.17, 15) is 4.79 Å². The maximum atomic E-state index is 12.8. The van der Waals surface area contributed by atoms with Crippen molar-refractivity contribution in [3.63, 3.8) is 0 Å². The topological polar surface area (TPSA) is 90.9 Å². The van der Waals surface area contributed by atoms with Crippen LogP contribution in [0.5, 0.6) is 0 Å². The fourth-order valence-corrected chi connectivity index (χ4v) is 20.1. The van der Waals surface area contributed by atoms with Gasteiger partial charge in [-0.2, -0.15) is 0 Å². The molecular formula is C55H72O9Si2. The second-order valence-electron chi connectivity index (χ2n) is 22.2. The molecule has 0 aromatic heterocycles. The van der Waals surface area contributed by atoms with Crippen molar-refractivity contribution in [2.24, 2.45) is 5.41 Å². The monoisotopic (exact) mass is 932 g/mol. The average molecular weight is 933 g/mol. The number of hydrogen-bond donors (Lipinski definition) is 0. The van der Waals surface area contributed by atoms with Crippen LogP contribution < -0.4 is 20.7 Å². The van der Waals surface area contributed by atoms with Crippen molar-refractivity contribution in [1.82, 2.24) is 0 Å². The number of carbonyl (C=O) groups is 1. The number of rotatable bonds is 13. The minimum atomic E-state index is -3.21. The van der Waals surface area contributed by atoms with Gasteiger partial charge in [0.2, 0.25) is 5.79 Å². The number of carbonyl (C=O) groups excluding carboxylic acids is 1. The van der Waals surface area contributed by atoms with Crippen molar-refractivity contribution < 1.29 is 42.1 Å². The van der Waals surface area contributed by atoms with Crippen LogP contribution >= 0.6 is 0 Å². The molecule has 11 heteroatoms. The zero-order valence-electron chi connectivity index (χ0n) is 41.0. The van der Waals surface area contributed by atoms with Crippen LogP contribution in [0.25, 0.3) is 0 Å². The third kappa shape index (κ3) is 9.51. The minimum absolute atomic E-state index is 0.179. The van der Waals surface area contributed by atoms with Gasteiger partial charge in [-0.05, 0) is 64.4 Å². The van der Waals surface area contributed by atoms with E-state index < -0.39 is 64.5 Å². The first-order valence-electron chi connectivity index (χ1n) is 24.0. The molecule has 4 heterocycles. The third-order valence-electron chi connectivity index (χ3n) is 13.8. The Hall–Kier alpha value is -4.08. The smallest absolute Gasteiger partial charge is 0.311 e. The van der Waals surface area contributed by atoms with E-state index in [4.69, 9.17) is 37.3 Å². The molecule has 0 N–H and O–H groups in total. The number of benzene rings is 4. The molecule has 4 aliphatic rings. The molecule has 66 heavy (non-hydrogen) atoms. The molecule has 4 aromatic carbocycles. The van der Waals surface area contributed by atoms with Crippen molar-refractivity contribution in [3.8, 4) is 0 Å². The van der Waals surface area contributed by atoms with Crippen molar-refractivity contribution in [3.05, 3.63) is 133 Å². The van der Waals surface area contributed by atoms with Crippen LogP contribution in [0.4, 0.5) is 0 Å². The van der Waals surface area contributed by atoms with Crippen LogP contribution in [0, 0.1) is 5.41 Å². The normalized spacial score (nSPS) is 26.6. The molecule has 0 unspecified atom stereocenters. The van der Waals surface area contributed by atoms with Gasteiger partial charge < -0.3 is 37.3 Å². The van der Waals surface area contributed by atoms with Gasteiger partial charge in [0.15, 0.2) is 0 Å². The van der Waals surface area contributed by atoms with Crippen LogP contribution in [-0.4, -0.2) is 83.8 Å². The maximum Gasteiger partial charge on any atom is 0.311 e. The first-order chi connectivity index (χ1) is 31.2. The molecule has 0 saturated carbocycles. The summed E-state index contributed by atoms with van der Waals surface area (Å²) in [7, 11) is -6.38. The molecule has 0 aliphatic carbocycles. The van der Waals surface area contributed by atoms with Gasteiger partial charge in [0.1, 0.15) is 42.5 Å². The zero-order chi connectivity index (χ0) is 47.1. The first-order valence-corrected chi connectivity index (χ1v) is 27.8. The number of esters is 1. The van der Waals surface area contributed by atoms with E-state index in [0.29, 0.717) is 18.6 Å². The fourth-order valence-electron chi connectivity index (χ4n) is 10.7. The Morgan fingerprint density at radius 1 is 0.606 bits per heavy atom. The number of fused-ring (bicyclic) bond motifs is 2. The van der Waals surface area contributed by atoms with Gasteiger partial charge in [0.25, 0.3) is 16.6 Å². The molecule has 9 nitrogen and oxygen atoms in total. The first kappa shape index (κ1) is 48.4. The Morgan fingerprint density at radius 3 is 1.48 bits per heavy atom. The summed E-state index contributed by atoms with van der Waals surface area (Å²) in [4.78, 5) is 12.8. The molecule has 0 amide bonds. The van der Waals surface area contributed by atoms with Crippen LogP contribution in [-0.2, 0) is 42.1 Å². The van der Waals surface area contributed by atoms with E-state index in [2.05, 4.69) is 163 Å². The quantitative estimate of drug-likeness (QED) is 0.0964. The van der Waals surface area contributed by atoms with Gasteiger partial charge in [-0.3, -0.25) is 4.79 Å². The van der Waals surface area contributed by atoms with Crippen molar-refractivity contribution in [1.29, 1.82) is 0 Å². The van der Waals surface area contributed by atoms with Crippen LogP contribution in [0.1, 0.15) is 102 Å². The highest BCUT2D eigenvalue weighted by Crippen LogP contribution is 2.49. The number of ether oxygens (including phenoxy) is 6. The molecule has 354 valence electrons. The molecule has 0 spiro atoms. The molecule has 4 aromatic rings. The summed E-state index contributed by atoms with van der Waals surface area (Å²) in [6.45, 7) is 23.6. The van der Waals surface area contributed by atoms with E-state index in [1.54, 1.807) is 6.26 Å². The third-order valence-corrected chi connectivity index (χ3v) is 23.9. The van der Waals surface area contributed by atoms with E-state index in [0.717, 1.165) is 12.8 Å². The van der Waals surface area contributed by atoms with Gasteiger partial charge in [-0.15, -0.1) is 0 Å². The molecule has 8 rings (SSSR count). The average Bonchev–Trinajstić information content (AvgIpc) is 3.80. The zero-order valence-corrected chi connectivity index (χ0v) is 43.0. The Labute approximate surface area is 395 Å². The summed E-state index contributed by atoms with van der Waals surface area (Å²) in [6.07, 6.45) is 0.488. The van der Waals surface area contributed by atoms with Crippen molar-refractivity contribution >= 4 is 43.4 Å². The predicted molar refractivity (Wildman–Crippen MR) is 264 cm³/mol. The Kier molecular flexibility index (Phi) is 13.8. The van der Waals surface area contributed by atoms with Gasteiger partial charge >= 0.3 is 5.97 Å². The van der Waals surface area contributed by atoms with Crippen LogP contribution in [0.3, 0.4) is 0 Å². The lowest BCUT2D eigenvalue weighted by atomic mass is 9.88. The highest BCUT2D eigenvalue weighted by Gasteiger charge is 2.64. The summed E-state index contributed by atoms with van der Waals surface area (Å²) < 4.78 is 56.9. The highest BCUT2D eigenvalue weighted by molar-refractivity contribution is 7.00. The second-order valence-corrected chi connectivity index (χ2v) is 30.7. The lowest BCUT2D eigenvalue weighted by Crippen LogP contribution is -2.73. The van der Waals surface area contributed by atoms with Crippen LogP contribution in [0.15, 0.2) is 133 Å². The summed E-state index contributed by atoms with van der Waals surface area (Å²) in [6, 6.07) is 43.0. The van der Waals surface area contributed by atoms with Crippen molar-refractivity contribution in [2.75, 3.05) is 6.61 Å². The summed E-state index contributed by atoms with van der Waals surface area (Å²) in [5, 5.41) is 4.05. The number of hydrogen-bond acceptors (Lipinski definition) is 9. The molecular weight excluding hydrogens is 861 g/mol. The van der Waals surface area contributed by atoms with Crippen LogP contribution in [0.2, 0.25) is 10.1 Å². The Balaban J connectivity index is 1.27. The molecule has 4 aliphatic heterocycles. The highest BCUT2D eigenvalue weighted by atomic mass is 28.4.